The summed E-state index contributed by atoms with van der Waals surface area (Å²) in [4.78, 5) is 15.8. The predicted molar refractivity (Wildman–Crippen MR) is 97.7 cm³/mol. The van der Waals surface area contributed by atoms with Gasteiger partial charge >= 0.3 is 6.18 Å². The Morgan fingerprint density at radius 3 is 2.68 bits per heavy atom. The summed E-state index contributed by atoms with van der Waals surface area (Å²) in [6.07, 6.45) is -2.83. The first-order valence-electron chi connectivity index (χ1n) is 8.64. The topological polar surface area (TPSA) is 80.0 Å². The zero-order valence-electron chi connectivity index (χ0n) is 15.3. The Labute approximate surface area is 159 Å². The number of benzene rings is 1. The van der Waals surface area contributed by atoms with Gasteiger partial charge in [0.1, 0.15) is 11.4 Å². The largest absolute Gasteiger partial charge is 0.433 e. The van der Waals surface area contributed by atoms with E-state index in [1.54, 1.807) is 16.8 Å². The number of aliphatic hydroxyl groups is 1. The van der Waals surface area contributed by atoms with E-state index in [9.17, 15) is 23.1 Å². The van der Waals surface area contributed by atoms with Crippen molar-refractivity contribution in [2.24, 2.45) is 5.92 Å². The van der Waals surface area contributed by atoms with Gasteiger partial charge < -0.3 is 10.4 Å². The lowest BCUT2D eigenvalue weighted by molar-refractivity contribution is -0.141. The minimum absolute atomic E-state index is 0.295. The number of hydrogen-bond acceptors (Lipinski definition) is 4. The van der Waals surface area contributed by atoms with Crippen LogP contribution in [0.2, 0.25) is 0 Å². The number of fused-ring (bicyclic) bond motifs is 1. The average Bonchev–Trinajstić information content (AvgIpc) is 3.00. The summed E-state index contributed by atoms with van der Waals surface area (Å²) in [6, 6.07) is 6.39. The summed E-state index contributed by atoms with van der Waals surface area (Å²) < 4.78 is 40.2. The van der Waals surface area contributed by atoms with Crippen molar-refractivity contribution in [1.29, 1.82) is 0 Å². The first-order chi connectivity index (χ1) is 13.2. The van der Waals surface area contributed by atoms with Gasteiger partial charge in [-0.25, -0.2) is 4.98 Å². The van der Waals surface area contributed by atoms with Gasteiger partial charge in [-0.15, -0.1) is 0 Å². The highest BCUT2D eigenvalue weighted by Gasteiger charge is 2.33. The number of aliphatic hydroxyl groups excluding tert-OH is 1. The highest BCUT2D eigenvalue weighted by molar-refractivity contribution is 6.04. The number of pyridine rings is 1. The highest BCUT2D eigenvalue weighted by atomic mass is 19.4. The van der Waals surface area contributed by atoms with Crippen LogP contribution in [0.15, 0.2) is 36.5 Å². The fourth-order valence-electron chi connectivity index (χ4n) is 2.79. The lowest BCUT2D eigenvalue weighted by Gasteiger charge is -2.11. The highest BCUT2D eigenvalue weighted by Crippen LogP contribution is 2.28. The lowest BCUT2D eigenvalue weighted by Crippen LogP contribution is -2.17. The molecule has 1 amide bonds. The van der Waals surface area contributed by atoms with Gasteiger partial charge in [-0.3, -0.25) is 9.48 Å². The molecule has 148 valence electrons. The Kier molecular flexibility index (Phi) is 5.37. The van der Waals surface area contributed by atoms with Crippen LogP contribution in [-0.2, 0) is 19.3 Å². The summed E-state index contributed by atoms with van der Waals surface area (Å²) in [7, 11) is 0. The molecule has 0 aliphatic heterocycles. The van der Waals surface area contributed by atoms with Crippen LogP contribution in [-0.4, -0.2) is 25.8 Å². The molecule has 0 aliphatic rings. The first kappa shape index (κ1) is 19.8. The van der Waals surface area contributed by atoms with Crippen molar-refractivity contribution >= 4 is 22.5 Å². The van der Waals surface area contributed by atoms with Crippen LogP contribution >= 0.6 is 0 Å². The minimum Gasteiger partial charge on any atom is -0.392 e. The molecule has 0 fully saturated rings. The molecule has 0 saturated carbocycles. The standard InChI is InChI=1S/C19H19F3N4O2/c1-11(2)8-26-9-12-6-15(13(10-27)7-16(12)25-26)24-18(28)14-4-3-5-17(23-14)19(20,21)22/h3-7,9,11,27H,8,10H2,1-2H3,(H,24,28). The number of carbonyl (C=O) groups excluding carboxylic acids is 1. The van der Waals surface area contributed by atoms with Crippen LogP contribution in [0.1, 0.15) is 35.6 Å². The van der Waals surface area contributed by atoms with Crippen LogP contribution in [0.25, 0.3) is 10.9 Å². The molecule has 0 bridgehead atoms. The molecule has 6 nitrogen and oxygen atoms in total. The quantitative estimate of drug-likeness (QED) is 0.691. The fourth-order valence-corrected chi connectivity index (χ4v) is 2.79. The molecule has 3 aromatic rings. The number of rotatable bonds is 5. The van der Waals surface area contributed by atoms with Crippen molar-refractivity contribution in [3.63, 3.8) is 0 Å². The average molecular weight is 392 g/mol. The van der Waals surface area contributed by atoms with Gasteiger partial charge in [0.05, 0.1) is 12.1 Å². The molecule has 9 heteroatoms. The molecule has 0 spiro atoms. The molecule has 0 atom stereocenters. The second kappa shape index (κ2) is 7.59. The minimum atomic E-state index is -4.64. The number of alkyl halides is 3. The van der Waals surface area contributed by atoms with E-state index in [1.165, 1.54) is 6.07 Å². The third-order valence-corrected chi connectivity index (χ3v) is 4.02. The molecule has 1 aromatic carbocycles. The maximum Gasteiger partial charge on any atom is 0.433 e. The number of carbonyl (C=O) groups is 1. The van der Waals surface area contributed by atoms with Gasteiger partial charge in [0.15, 0.2) is 0 Å². The number of aromatic nitrogens is 3. The predicted octanol–water partition coefficient (Wildman–Crippen LogP) is 3.85. The van der Waals surface area contributed by atoms with Crippen LogP contribution in [0, 0.1) is 5.92 Å². The second-order valence-electron chi connectivity index (χ2n) is 6.83. The molecule has 0 radical (unpaired) electrons. The SMILES string of the molecule is CC(C)Cn1cc2cc(NC(=O)c3cccc(C(F)(F)F)n3)c(CO)cc2n1. The van der Waals surface area contributed by atoms with Gasteiger partial charge in [-0.05, 0) is 30.2 Å². The molecule has 0 saturated heterocycles. The normalized spacial score (nSPS) is 12.0. The summed E-state index contributed by atoms with van der Waals surface area (Å²) in [5, 5.41) is 17.3. The number of halogens is 3. The van der Waals surface area contributed by atoms with Crippen molar-refractivity contribution in [1.82, 2.24) is 14.8 Å². The summed E-state index contributed by atoms with van der Waals surface area (Å²) in [6.45, 7) is 4.45. The Bertz CT molecular complexity index is 1010. The van der Waals surface area contributed by atoms with Gasteiger partial charge in [0.25, 0.3) is 5.91 Å². The van der Waals surface area contributed by atoms with Crippen molar-refractivity contribution in [3.05, 3.63) is 53.5 Å². The number of anilines is 1. The Balaban J connectivity index is 1.91. The van der Waals surface area contributed by atoms with Gasteiger partial charge in [-0.2, -0.15) is 18.3 Å². The number of nitrogens with zero attached hydrogens (tertiary/aromatic N) is 3. The molecule has 0 unspecified atom stereocenters. The zero-order chi connectivity index (χ0) is 20.5. The zero-order valence-corrected chi connectivity index (χ0v) is 15.3. The molecule has 0 aliphatic carbocycles. The van der Waals surface area contributed by atoms with Crippen molar-refractivity contribution in [2.75, 3.05) is 5.32 Å². The first-order valence-corrected chi connectivity index (χ1v) is 8.64. The van der Waals surface area contributed by atoms with Crippen LogP contribution in [0.5, 0.6) is 0 Å². The smallest absolute Gasteiger partial charge is 0.392 e. The van der Waals surface area contributed by atoms with Crippen LogP contribution < -0.4 is 5.32 Å². The van der Waals surface area contributed by atoms with Gasteiger partial charge in [0, 0.05) is 29.4 Å². The molecule has 2 aromatic heterocycles. The molecule has 2 N–H and O–H groups in total. The van der Waals surface area contributed by atoms with Crippen molar-refractivity contribution in [3.8, 4) is 0 Å². The van der Waals surface area contributed by atoms with Gasteiger partial charge in [0.2, 0.25) is 0 Å². The summed E-state index contributed by atoms with van der Waals surface area (Å²) in [5.74, 6) is -0.410. The summed E-state index contributed by atoms with van der Waals surface area (Å²) >= 11 is 0. The maximum atomic E-state index is 12.8. The molecule has 2 heterocycles. The molecule has 28 heavy (non-hydrogen) atoms. The van der Waals surface area contributed by atoms with E-state index in [1.807, 2.05) is 6.20 Å². The van der Waals surface area contributed by atoms with Crippen LogP contribution in [0.3, 0.4) is 0 Å². The van der Waals surface area contributed by atoms with Gasteiger partial charge in [-0.1, -0.05) is 19.9 Å². The number of nitrogens with one attached hydrogen (secondary N) is 1. The van der Waals surface area contributed by atoms with E-state index in [0.717, 1.165) is 17.5 Å². The summed E-state index contributed by atoms with van der Waals surface area (Å²) in [5.41, 5.74) is -0.159. The number of amides is 1. The second-order valence-corrected chi connectivity index (χ2v) is 6.83. The van der Waals surface area contributed by atoms with E-state index in [4.69, 9.17) is 0 Å². The third kappa shape index (κ3) is 4.30. The lowest BCUT2D eigenvalue weighted by atomic mass is 10.1. The van der Waals surface area contributed by atoms with E-state index >= 15 is 0 Å². The van der Waals surface area contributed by atoms with Crippen molar-refractivity contribution in [2.45, 2.75) is 33.2 Å². The van der Waals surface area contributed by atoms with E-state index in [2.05, 4.69) is 29.2 Å². The molecule has 3 rings (SSSR count). The maximum absolute atomic E-state index is 12.8. The van der Waals surface area contributed by atoms with Crippen molar-refractivity contribution < 1.29 is 23.1 Å². The van der Waals surface area contributed by atoms with E-state index in [0.29, 0.717) is 29.2 Å². The van der Waals surface area contributed by atoms with E-state index in [-0.39, 0.29) is 12.3 Å². The Hall–Kier alpha value is -2.94. The van der Waals surface area contributed by atoms with E-state index < -0.39 is 17.8 Å². The fraction of sp³-hybridized carbons (Fsp3) is 0.316. The Morgan fingerprint density at radius 2 is 2.04 bits per heavy atom. The molecular formula is C19H19F3N4O2. The Morgan fingerprint density at radius 1 is 1.29 bits per heavy atom. The third-order valence-electron chi connectivity index (χ3n) is 4.02. The number of hydrogen-bond donors (Lipinski definition) is 2. The van der Waals surface area contributed by atoms with Crippen LogP contribution in [0.4, 0.5) is 18.9 Å². The molecular weight excluding hydrogens is 373 g/mol. The monoisotopic (exact) mass is 392 g/mol.